The van der Waals surface area contributed by atoms with E-state index in [-0.39, 0.29) is 0 Å². The molecule has 88 valence electrons. The van der Waals surface area contributed by atoms with Gasteiger partial charge in [-0.05, 0) is 34.5 Å². The monoisotopic (exact) mass is 281 g/mol. The fourth-order valence-electron chi connectivity index (χ4n) is 1.64. The van der Waals surface area contributed by atoms with Crippen molar-refractivity contribution in [3.63, 3.8) is 0 Å². The Morgan fingerprint density at radius 3 is 2.75 bits per heavy atom. The number of unbranched alkanes of at least 4 members (excludes halogenated alkanes) is 2. The van der Waals surface area contributed by atoms with Gasteiger partial charge in [-0.1, -0.05) is 44.4 Å². The molecule has 16 heavy (non-hydrogen) atoms. The maximum Gasteiger partial charge on any atom is 0.0489 e. The van der Waals surface area contributed by atoms with Gasteiger partial charge in [-0.2, -0.15) is 0 Å². The number of nitrogens with one attached hydrogen (secondary N) is 1. The lowest BCUT2D eigenvalue weighted by atomic mass is 10.1. The first-order chi connectivity index (χ1) is 7.77. The van der Waals surface area contributed by atoms with Gasteiger partial charge in [-0.3, -0.25) is 0 Å². The molecule has 0 saturated carbocycles. The molecule has 0 spiro atoms. The van der Waals surface area contributed by atoms with Crippen LogP contribution >= 0.6 is 15.9 Å². The van der Waals surface area contributed by atoms with Crippen LogP contribution in [0.3, 0.4) is 0 Å². The van der Waals surface area contributed by atoms with E-state index in [2.05, 4.69) is 46.9 Å². The Labute approximate surface area is 107 Å². The van der Waals surface area contributed by atoms with E-state index >= 15 is 0 Å². The lowest BCUT2D eigenvalue weighted by Gasteiger charge is -2.17. The summed E-state index contributed by atoms with van der Waals surface area (Å²) in [6.45, 7) is 6.11. The normalized spacial score (nSPS) is 12.1. The minimum atomic E-state index is 0.366. The summed E-state index contributed by atoms with van der Waals surface area (Å²) in [4.78, 5) is 0. The van der Waals surface area contributed by atoms with Gasteiger partial charge >= 0.3 is 0 Å². The van der Waals surface area contributed by atoms with Crippen LogP contribution in [-0.2, 0) is 0 Å². The number of rotatable bonds is 7. The molecule has 0 aliphatic carbocycles. The van der Waals surface area contributed by atoms with Crippen LogP contribution in [0.15, 0.2) is 41.4 Å². The molecule has 2 heteroatoms. The quantitative estimate of drug-likeness (QED) is 0.548. The van der Waals surface area contributed by atoms with E-state index in [0.717, 1.165) is 16.6 Å². The van der Waals surface area contributed by atoms with Crippen molar-refractivity contribution in [1.82, 2.24) is 0 Å². The Hall–Kier alpha value is -0.760. The van der Waals surface area contributed by atoms with Gasteiger partial charge in [0, 0.05) is 16.2 Å². The van der Waals surface area contributed by atoms with Crippen LogP contribution in [0.25, 0.3) is 0 Å². The molecule has 1 rings (SSSR count). The Morgan fingerprint density at radius 2 is 2.12 bits per heavy atom. The van der Waals surface area contributed by atoms with Crippen molar-refractivity contribution < 1.29 is 0 Å². The molecule has 1 atom stereocenters. The molecule has 0 aliphatic rings. The van der Waals surface area contributed by atoms with E-state index in [4.69, 9.17) is 0 Å². The molecule has 1 aromatic rings. The molecule has 1 nitrogen and oxygen atoms in total. The van der Waals surface area contributed by atoms with E-state index in [0.29, 0.717) is 6.04 Å². The molecule has 1 aromatic carbocycles. The van der Waals surface area contributed by atoms with Gasteiger partial charge in [-0.25, -0.2) is 0 Å². The van der Waals surface area contributed by atoms with Gasteiger partial charge in [0.05, 0.1) is 0 Å². The first kappa shape index (κ1) is 13.3. The van der Waals surface area contributed by atoms with E-state index < -0.39 is 0 Å². The van der Waals surface area contributed by atoms with Gasteiger partial charge in [0.1, 0.15) is 0 Å². The average molecular weight is 282 g/mol. The molecule has 0 saturated heterocycles. The van der Waals surface area contributed by atoms with Crippen LogP contribution in [0.4, 0.5) is 5.69 Å². The fraction of sp³-hybridized carbons (Fsp3) is 0.429. The van der Waals surface area contributed by atoms with Crippen molar-refractivity contribution in [1.29, 1.82) is 0 Å². The smallest absolute Gasteiger partial charge is 0.0489 e. The highest BCUT2D eigenvalue weighted by Crippen LogP contribution is 2.23. The second-order valence-corrected chi connectivity index (χ2v) is 4.82. The minimum Gasteiger partial charge on any atom is -0.378 e. The largest absolute Gasteiger partial charge is 0.378 e. The van der Waals surface area contributed by atoms with Gasteiger partial charge in [0.25, 0.3) is 0 Å². The summed E-state index contributed by atoms with van der Waals surface area (Å²) < 4.78 is 1.11. The standard InChI is InChI=1S/C14H20BrN/c1-3-5-6-9-12(4-2)16-14-11-8-7-10-13(14)15/h4,7-8,10-12,16H,2-3,5-6,9H2,1H3/t12-/m1/s1. The molecule has 0 heterocycles. The summed E-state index contributed by atoms with van der Waals surface area (Å²) in [5, 5.41) is 3.49. The van der Waals surface area contributed by atoms with Crippen molar-refractivity contribution >= 4 is 21.6 Å². The number of hydrogen-bond acceptors (Lipinski definition) is 1. The highest BCUT2D eigenvalue weighted by molar-refractivity contribution is 9.10. The van der Waals surface area contributed by atoms with Crippen LogP contribution in [0.5, 0.6) is 0 Å². The summed E-state index contributed by atoms with van der Waals surface area (Å²) in [5.74, 6) is 0. The van der Waals surface area contributed by atoms with Crippen molar-refractivity contribution in [2.45, 2.75) is 38.6 Å². The molecule has 0 amide bonds. The SMILES string of the molecule is C=C[C@H](CCCCC)Nc1ccccc1Br. The minimum absolute atomic E-state index is 0.366. The summed E-state index contributed by atoms with van der Waals surface area (Å²) in [5.41, 5.74) is 1.14. The molecule has 0 radical (unpaired) electrons. The molecular formula is C14H20BrN. The molecular weight excluding hydrogens is 262 g/mol. The Kier molecular flexibility index (Phi) is 6.24. The zero-order chi connectivity index (χ0) is 11.8. The topological polar surface area (TPSA) is 12.0 Å². The Balaban J connectivity index is 2.50. The third-order valence-corrected chi connectivity index (χ3v) is 3.31. The number of para-hydroxylation sites is 1. The molecule has 1 N–H and O–H groups in total. The van der Waals surface area contributed by atoms with Crippen molar-refractivity contribution in [3.8, 4) is 0 Å². The summed E-state index contributed by atoms with van der Waals surface area (Å²) in [6.07, 6.45) is 6.96. The number of benzene rings is 1. The van der Waals surface area contributed by atoms with Crippen LogP contribution < -0.4 is 5.32 Å². The summed E-state index contributed by atoms with van der Waals surface area (Å²) in [7, 11) is 0. The zero-order valence-electron chi connectivity index (χ0n) is 9.88. The fourth-order valence-corrected chi connectivity index (χ4v) is 2.04. The maximum absolute atomic E-state index is 3.89. The first-order valence-corrected chi connectivity index (χ1v) is 6.70. The van der Waals surface area contributed by atoms with Crippen LogP contribution in [-0.4, -0.2) is 6.04 Å². The number of hydrogen-bond donors (Lipinski definition) is 1. The van der Waals surface area contributed by atoms with Crippen molar-refractivity contribution in [2.24, 2.45) is 0 Å². The lowest BCUT2D eigenvalue weighted by molar-refractivity contribution is 0.642. The van der Waals surface area contributed by atoms with E-state index in [1.165, 1.54) is 19.3 Å². The van der Waals surface area contributed by atoms with Gasteiger partial charge < -0.3 is 5.32 Å². The van der Waals surface area contributed by atoms with E-state index in [1.807, 2.05) is 18.2 Å². The van der Waals surface area contributed by atoms with Crippen molar-refractivity contribution in [3.05, 3.63) is 41.4 Å². The highest BCUT2D eigenvalue weighted by atomic mass is 79.9. The number of anilines is 1. The third-order valence-electron chi connectivity index (χ3n) is 2.62. The van der Waals surface area contributed by atoms with E-state index in [1.54, 1.807) is 0 Å². The van der Waals surface area contributed by atoms with Gasteiger partial charge in [0.2, 0.25) is 0 Å². The Morgan fingerprint density at radius 1 is 1.38 bits per heavy atom. The first-order valence-electron chi connectivity index (χ1n) is 5.91. The lowest BCUT2D eigenvalue weighted by Crippen LogP contribution is -2.16. The average Bonchev–Trinajstić information content (AvgIpc) is 2.30. The van der Waals surface area contributed by atoms with Crippen LogP contribution in [0.1, 0.15) is 32.6 Å². The highest BCUT2D eigenvalue weighted by Gasteiger charge is 2.05. The Bertz CT molecular complexity index is 322. The zero-order valence-corrected chi connectivity index (χ0v) is 11.5. The summed E-state index contributed by atoms with van der Waals surface area (Å²) >= 11 is 3.54. The molecule has 0 bridgehead atoms. The predicted molar refractivity (Wildman–Crippen MR) is 75.9 cm³/mol. The molecule has 0 unspecified atom stereocenters. The number of halogens is 1. The van der Waals surface area contributed by atoms with Gasteiger partial charge in [0.15, 0.2) is 0 Å². The molecule has 0 fully saturated rings. The predicted octanol–water partition coefficient (Wildman–Crippen LogP) is 5.00. The van der Waals surface area contributed by atoms with E-state index in [9.17, 15) is 0 Å². The van der Waals surface area contributed by atoms with Crippen molar-refractivity contribution in [2.75, 3.05) is 5.32 Å². The van der Waals surface area contributed by atoms with Crippen LogP contribution in [0, 0.1) is 0 Å². The molecule has 0 aliphatic heterocycles. The second-order valence-electron chi connectivity index (χ2n) is 3.96. The van der Waals surface area contributed by atoms with Crippen LogP contribution in [0.2, 0.25) is 0 Å². The molecule has 0 aromatic heterocycles. The second kappa shape index (κ2) is 7.50. The summed E-state index contributed by atoms with van der Waals surface area (Å²) in [6, 6.07) is 8.56. The van der Waals surface area contributed by atoms with Gasteiger partial charge in [-0.15, -0.1) is 6.58 Å². The maximum atomic E-state index is 3.89. The third kappa shape index (κ3) is 4.40.